The van der Waals surface area contributed by atoms with Gasteiger partial charge in [0.2, 0.25) is 40.0 Å². The molecule has 145 heavy (non-hydrogen) atoms. The van der Waals surface area contributed by atoms with E-state index < -0.39 is 159 Å². The summed E-state index contributed by atoms with van der Waals surface area (Å²) < 4.78 is 173. The Balaban J connectivity index is 0.000000127. The van der Waals surface area contributed by atoms with Crippen LogP contribution in [0.3, 0.4) is 0 Å². The molecule has 4 saturated heterocycles. The van der Waals surface area contributed by atoms with Gasteiger partial charge in [-0.1, -0.05) is 176 Å². The van der Waals surface area contributed by atoms with E-state index in [1.54, 1.807) is 41.6 Å². The molecule has 4 aromatic heterocycles. The zero-order valence-corrected chi connectivity index (χ0v) is 77.3. The molecule has 0 radical (unpaired) electrons. The van der Waals surface area contributed by atoms with Gasteiger partial charge in [0.1, 0.15) is 31.3 Å². The largest absolute Gasteiger partial charge is 0.513 e. The normalized spacial score (nSPS) is 17.8. The van der Waals surface area contributed by atoms with Crippen molar-refractivity contribution in [1.82, 2.24) is 38.3 Å². The second-order valence-electron chi connectivity index (χ2n) is 33.8. The van der Waals surface area contributed by atoms with Gasteiger partial charge in [0.05, 0.1) is 91.2 Å². The topological polar surface area (TPSA) is 312 Å². The summed E-state index contributed by atoms with van der Waals surface area (Å²) in [5, 5.41) is 17.6. The number of pyridine rings is 4. The molecule has 8 aliphatic rings. The number of morpholine rings is 4. The van der Waals surface area contributed by atoms with Crippen molar-refractivity contribution in [3.63, 3.8) is 0 Å². The summed E-state index contributed by atoms with van der Waals surface area (Å²) in [4.78, 5) is 123. The quantitative estimate of drug-likeness (QED) is 0.0302. The van der Waals surface area contributed by atoms with Crippen molar-refractivity contribution in [2.75, 3.05) is 120 Å². The Labute approximate surface area is 820 Å². The van der Waals surface area contributed by atoms with E-state index in [0.717, 1.165) is 90.0 Å². The molecule has 9 aromatic carbocycles. The second-order valence-corrected chi connectivity index (χ2v) is 33.8. The van der Waals surface area contributed by atoms with Crippen LogP contribution in [-0.4, -0.2) is 198 Å². The highest BCUT2D eigenvalue weighted by molar-refractivity contribution is 5.99. The molecular formula is C105H90F8N12O20. The maximum Gasteiger partial charge on any atom is 0.513 e. The fourth-order valence-corrected chi connectivity index (χ4v) is 18.8. The fraction of sp³-hybridized carbons (Fsp3) is 0.229. The molecule has 0 unspecified atom stereocenters. The number of halogens is 8. The predicted octanol–water partition coefficient (Wildman–Crippen LogP) is 12.6. The lowest BCUT2D eigenvalue weighted by Crippen LogP contribution is -2.66. The first-order valence-electron chi connectivity index (χ1n) is 45.6. The third-order valence-corrected chi connectivity index (χ3v) is 25.4. The minimum atomic E-state index is -1.16. The van der Waals surface area contributed by atoms with E-state index >= 15 is 0 Å². The minimum absolute atomic E-state index is 0.0291. The molecular weight excluding hydrogens is 1900 g/mol. The number of carbonyl (C=O) groups excluding carboxylic acids is 5. The minimum Gasteiger partial charge on any atom is -0.502 e. The van der Waals surface area contributed by atoms with Gasteiger partial charge in [-0.05, 0) is 105 Å². The van der Waals surface area contributed by atoms with Gasteiger partial charge in [-0.15, -0.1) is 0 Å². The fourth-order valence-electron chi connectivity index (χ4n) is 18.8. The molecule has 0 saturated carbocycles. The van der Waals surface area contributed by atoms with Crippen LogP contribution in [-0.2, 0) is 39.8 Å². The number of carbonyl (C=O) groups is 5. The van der Waals surface area contributed by atoms with E-state index in [1.807, 2.05) is 145 Å². The zero-order valence-electron chi connectivity index (χ0n) is 77.3. The maximum atomic E-state index is 14.5. The van der Waals surface area contributed by atoms with Crippen molar-refractivity contribution in [2.24, 2.45) is 0 Å². The van der Waals surface area contributed by atoms with Crippen molar-refractivity contribution in [3.05, 3.63) is 446 Å². The summed E-state index contributed by atoms with van der Waals surface area (Å²) in [5.41, 5.74) is 2.82. The molecule has 8 aliphatic heterocycles. The smallest absolute Gasteiger partial charge is 0.502 e. The molecule has 21 rings (SSSR count). The van der Waals surface area contributed by atoms with Gasteiger partial charge in [0, 0.05) is 75.2 Å². The Hall–Kier alpha value is -16.9. The Morgan fingerprint density at radius 1 is 0.345 bits per heavy atom. The molecule has 12 heterocycles. The number of ether oxygens (including phenoxy) is 10. The van der Waals surface area contributed by atoms with Crippen LogP contribution < -0.4 is 56.0 Å². The van der Waals surface area contributed by atoms with Crippen LogP contribution in [0.15, 0.2) is 305 Å². The first-order valence-corrected chi connectivity index (χ1v) is 45.6. The SMILES string of the molecule is C=C(OC)OCOc1c2n(ccc1=O)N([C@@H](c1ccccc1)c1ccc(F)c(F)c1)[C@@H]1COCCN1C2=O.COC(=O)Oc1c2n(ccc1=O)N([C@@H](c1ccccc1)c1ccc(F)c(F)c1)[C@@H]1COCCN1C2=O.O=C1c2c(O)c(=O)ccn2N([C@@H](c2ccccc2)c2ccc(F)c(F)c2)[C@@H]2COCCN12.O=C1c2c(OCc3ccccc3)c(=O)ccn2N([C@@H](c2ccccc2)c2ccc(F)c(F)c2)[C@@H]2COCCN12. The lowest BCUT2D eigenvalue weighted by Gasteiger charge is -2.51. The first kappa shape index (κ1) is 98.3. The number of amides is 4. The number of aromatic hydroxyl groups is 1. The van der Waals surface area contributed by atoms with Crippen LogP contribution in [0, 0.1) is 46.5 Å². The third kappa shape index (κ3) is 19.7. The summed E-state index contributed by atoms with van der Waals surface area (Å²) in [6.45, 7) is 5.97. The van der Waals surface area contributed by atoms with Crippen LogP contribution in [0.25, 0.3) is 0 Å². The predicted molar refractivity (Wildman–Crippen MR) is 505 cm³/mol. The Morgan fingerprint density at radius 3 is 0.938 bits per heavy atom. The number of benzene rings is 9. The average Bonchev–Trinajstić information content (AvgIpc) is 0.745. The van der Waals surface area contributed by atoms with Crippen LogP contribution in [0.1, 0.15) is 116 Å². The Morgan fingerprint density at radius 2 is 0.628 bits per heavy atom. The second kappa shape index (κ2) is 42.9. The standard InChI is InChI=1S/C30H25F2N3O4.C27H25F2N3O6.C25H21F2N3O6.C23H19F2N3O4/c31-23-12-11-22(17-24(23)32)27(21-9-5-2-6-10-21)35-26-19-38-16-15-33(26)30(37)28-29(25(36)13-14-34(28)35)39-18-20-7-3-1-4-8-20;1-17(35-2)37-16-38-26-22(33)10-11-31-25(26)27(34)30-12-13-36-15-23(30)32(31)24(18-6-4-3-5-7-18)19-8-9-20(28)21(29)14-19;1-34-25(33)36-23-19(31)9-10-29-22(23)24(32)28-11-12-35-14-20(28)30(29)21(15-5-3-2-4-6-15)16-7-8-17(26)18(27)13-16;24-16-7-6-15(12-17(16)25)20(14-4-2-1-3-5-14)28-19-13-32-11-10-26(19)23(31)21-22(30)18(29)8-9-27(21)28/h1-14,17,26-27H,15-16,18-19H2;3-11,14,23-24H,1,12-13,15-16H2,2H3;2-10,13,20-21H,11-12,14H2,1H3;1-9,12,19-20,30H,10-11,13H2/t26-,27+;23-,24+;20-,21+;19-,20+/m1111/s1. The van der Waals surface area contributed by atoms with Crippen molar-refractivity contribution in [3.8, 4) is 23.0 Å². The monoisotopic (exact) mass is 1990 g/mol. The highest BCUT2D eigenvalue weighted by atomic mass is 19.2. The molecule has 32 nitrogen and oxygen atoms in total. The van der Waals surface area contributed by atoms with Gasteiger partial charge in [0.15, 0.2) is 80.8 Å². The van der Waals surface area contributed by atoms with Gasteiger partial charge < -0.3 is 72.1 Å². The van der Waals surface area contributed by atoms with Crippen LogP contribution >= 0.6 is 0 Å². The lowest BCUT2D eigenvalue weighted by molar-refractivity contribution is -0.0237. The number of methoxy groups -OCH3 is 2. The molecule has 0 aliphatic carbocycles. The highest BCUT2D eigenvalue weighted by Gasteiger charge is 2.51. The summed E-state index contributed by atoms with van der Waals surface area (Å²) in [7, 11) is 2.44. The van der Waals surface area contributed by atoms with E-state index in [2.05, 4.69) is 11.3 Å². The molecule has 1 N–H and O–H groups in total. The van der Waals surface area contributed by atoms with E-state index in [1.165, 1.54) is 92.1 Å². The molecule has 746 valence electrons. The molecule has 4 fully saturated rings. The number of hydrogen-bond acceptors (Lipinski definition) is 24. The molecule has 13 aromatic rings. The van der Waals surface area contributed by atoms with Gasteiger partial charge >= 0.3 is 6.16 Å². The zero-order chi connectivity index (χ0) is 102. The molecule has 4 amide bonds. The van der Waals surface area contributed by atoms with E-state index in [9.17, 15) is 83.4 Å². The van der Waals surface area contributed by atoms with Crippen LogP contribution in [0.4, 0.5) is 39.9 Å². The van der Waals surface area contributed by atoms with Crippen LogP contribution in [0.2, 0.25) is 0 Å². The maximum absolute atomic E-state index is 14.5. The summed E-state index contributed by atoms with van der Waals surface area (Å²) >= 11 is 0. The number of hydrogen-bond donors (Lipinski definition) is 1. The Kier molecular flexibility index (Phi) is 29.1. The number of aromatic nitrogens is 4. The molecule has 0 bridgehead atoms. The van der Waals surface area contributed by atoms with Gasteiger partial charge in [-0.3, -0.25) is 77.1 Å². The molecule has 40 heteroatoms. The average molecular weight is 1990 g/mol. The third-order valence-electron chi connectivity index (χ3n) is 25.4. The molecule has 0 spiro atoms. The number of fused-ring (bicyclic) bond motifs is 8. The summed E-state index contributed by atoms with van der Waals surface area (Å²) in [5.74, 6) is -11.3. The summed E-state index contributed by atoms with van der Waals surface area (Å²) in [6.07, 6.45) is 2.10. The van der Waals surface area contributed by atoms with Crippen molar-refractivity contribution >= 4 is 29.8 Å². The summed E-state index contributed by atoms with van der Waals surface area (Å²) in [6, 6.07) is 62.8. The van der Waals surface area contributed by atoms with Crippen molar-refractivity contribution < 1.29 is 112 Å². The Bertz CT molecular complexity index is 7310. The van der Waals surface area contributed by atoms with E-state index in [-0.39, 0.29) is 105 Å². The molecule has 8 atom stereocenters. The highest BCUT2D eigenvalue weighted by Crippen LogP contribution is 2.44. The first-order chi connectivity index (χ1) is 70.3. The van der Waals surface area contributed by atoms with Gasteiger partial charge in [-0.2, -0.15) is 0 Å². The van der Waals surface area contributed by atoms with Crippen molar-refractivity contribution in [2.45, 2.75) is 55.4 Å². The van der Waals surface area contributed by atoms with Crippen molar-refractivity contribution in [1.29, 1.82) is 0 Å². The van der Waals surface area contributed by atoms with Gasteiger partial charge in [-0.25, -0.2) is 39.9 Å². The van der Waals surface area contributed by atoms with Crippen LogP contribution in [0.5, 0.6) is 23.0 Å². The number of nitrogens with zero attached hydrogens (tertiary/aromatic N) is 12. The van der Waals surface area contributed by atoms with E-state index in [0.29, 0.717) is 54.2 Å². The van der Waals surface area contributed by atoms with E-state index in [4.69, 9.17) is 42.6 Å². The lowest BCUT2D eigenvalue weighted by atomic mass is 9.96. The number of rotatable bonds is 21. The van der Waals surface area contributed by atoms with Gasteiger partial charge in [0.25, 0.3) is 29.6 Å².